The quantitative estimate of drug-likeness (QED) is 0.522. The van der Waals surface area contributed by atoms with E-state index in [1.807, 2.05) is 24.3 Å². The van der Waals surface area contributed by atoms with E-state index in [9.17, 15) is 4.79 Å². The van der Waals surface area contributed by atoms with Gasteiger partial charge in [-0.2, -0.15) is 0 Å². The number of hydrogen-bond donors (Lipinski definition) is 3. The molecule has 0 spiro atoms. The predicted molar refractivity (Wildman–Crippen MR) is 112 cm³/mol. The van der Waals surface area contributed by atoms with Gasteiger partial charge in [-0.25, -0.2) is 0 Å². The first-order valence-corrected chi connectivity index (χ1v) is 9.36. The van der Waals surface area contributed by atoms with Crippen LogP contribution in [-0.4, -0.2) is 45.7 Å². The van der Waals surface area contributed by atoms with Crippen molar-refractivity contribution in [3.05, 3.63) is 59.7 Å². The van der Waals surface area contributed by atoms with Crippen LogP contribution in [0.2, 0.25) is 0 Å². The standard InChI is InChI=1S/C21H27N5O2/c1-22-21(25-14-17-5-3-4-6-19(17)28-2)24-13-16-7-9-18(10-8-16)26-12-11-23-20(27)15-26/h3-10H,11-15H2,1-2H3,(H,23,27)(H2,22,24,25). The molecule has 2 aromatic carbocycles. The number of hydrogen-bond acceptors (Lipinski definition) is 4. The molecule has 2 aromatic rings. The van der Waals surface area contributed by atoms with Gasteiger partial charge in [0.1, 0.15) is 5.75 Å². The Morgan fingerprint density at radius 3 is 2.61 bits per heavy atom. The Labute approximate surface area is 165 Å². The van der Waals surface area contributed by atoms with E-state index in [1.54, 1.807) is 14.2 Å². The maximum Gasteiger partial charge on any atom is 0.239 e. The number of nitrogens with zero attached hydrogens (tertiary/aromatic N) is 2. The number of piperazine rings is 1. The molecule has 7 heteroatoms. The molecule has 3 N–H and O–H groups in total. The fourth-order valence-corrected chi connectivity index (χ4v) is 3.12. The van der Waals surface area contributed by atoms with Crippen molar-refractivity contribution in [1.82, 2.24) is 16.0 Å². The molecule has 3 rings (SSSR count). The average molecular weight is 381 g/mol. The van der Waals surface area contributed by atoms with Gasteiger partial charge >= 0.3 is 0 Å². The third-order valence-electron chi connectivity index (χ3n) is 4.66. The van der Waals surface area contributed by atoms with Gasteiger partial charge in [0.05, 0.1) is 13.7 Å². The Morgan fingerprint density at radius 1 is 1.14 bits per heavy atom. The summed E-state index contributed by atoms with van der Waals surface area (Å²) < 4.78 is 5.38. The number of para-hydroxylation sites is 1. The van der Waals surface area contributed by atoms with Crippen LogP contribution in [0.1, 0.15) is 11.1 Å². The largest absolute Gasteiger partial charge is 0.496 e. The number of rotatable bonds is 6. The minimum absolute atomic E-state index is 0.0712. The van der Waals surface area contributed by atoms with Crippen molar-refractivity contribution in [2.45, 2.75) is 13.1 Å². The lowest BCUT2D eigenvalue weighted by atomic mass is 10.2. The lowest BCUT2D eigenvalue weighted by molar-refractivity contribution is -0.120. The lowest BCUT2D eigenvalue weighted by Gasteiger charge is -2.28. The van der Waals surface area contributed by atoms with E-state index in [1.165, 1.54) is 0 Å². The maximum absolute atomic E-state index is 11.5. The fourth-order valence-electron chi connectivity index (χ4n) is 3.12. The second-order valence-corrected chi connectivity index (χ2v) is 6.53. The molecular formula is C21H27N5O2. The smallest absolute Gasteiger partial charge is 0.239 e. The summed E-state index contributed by atoms with van der Waals surface area (Å²) in [7, 11) is 3.42. The van der Waals surface area contributed by atoms with E-state index in [-0.39, 0.29) is 5.91 Å². The molecule has 0 atom stereocenters. The normalized spacial score (nSPS) is 14.4. The summed E-state index contributed by atoms with van der Waals surface area (Å²) in [5.41, 5.74) is 3.28. The Balaban J connectivity index is 1.51. The number of ether oxygens (including phenoxy) is 1. The van der Waals surface area contributed by atoms with E-state index in [0.29, 0.717) is 26.2 Å². The first-order valence-electron chi connectivity index (χ1n) is 9.36. The molecule has 1 aliphatic rings. The van der Waals surface area contributed by atoms with Gasteiger partial charge in [0, 0.05) is 44.5 Å². The van der Waals surface area contributed by atoms with Crippen molar-refractivity contribution < 1.29 is 9.53 Å². The van der Waals surface area contributed by atoms with Crippen LogP contribution in [-0.2, 0) is 17.9 Å². The Morgan fingerprint density at radius 2 is 1.89 bits per heavy atom. The van der Waals surface area contributed by atoms with Crippen LogP contribution in [0.4, 0.5) is 5.69 Å². The third-order valence-corrected chi connectivity index (χ3v) is 4.66. The van der Waals surface area contributed by atoms with Gasteiger partial charge in [0.15, 0.2) is 5.96 Å². The van der Waals surface area contributed by atoms with E-state index < -0.39 is 0 Å². The summed E-state index contributed by atoms with van der Waals surface area (Å²) in [6.45, 7) is 3.22. The average Bonchev–Trinajstić information content (AvgIpc) is 2.74. The number of anilines is 1. The van der Waals surface area contributed by atoms with Gasteiger partial charge in [-0.15, -0.1) is 0 Å². The van der Waals surface area contributed by atoms with Gasteiger partial charge < -0.3 is 25.6 Å². The van der Waals surface area contributed by atoms with Gasteiger partial charge in [-0.05, 0) is 23.8 Å². The molecule has 1 saturated heterocycles. The van der Waals surface area contributed by atoms with Crippen molar-refractivity contribution in [3.63, 3.8) is 0 Å². The third kappa shape index (κ3) is 5.16. The van der Waals surface area contributed by atoms with Crippen LogP contribution in [0.3, 0.4) is 0 Å². The Kier molecular flexibility index (Phi) is 6.73. The zero-order chi connectivity index (χ0) is 19.8. The molecule has 1 fully saturated rings. The zero-order valence-corrected chi connectivity index (χ0v) is 16.4. The number of benzene rings is 2. The number of carbonyl (C=O) groups is 1. The fraction of sp³-hybridized carbons (Fsp3) is 0.333. The van der Waals surface area contributed by atoms with Gasteiger partial charge in [0.2, 0.25) is 5.91 Å². The first-order chi connectivity index (χ1) is 13.7. The molecule has 1 aliphatic heterocycles. The number of amides is 1. The first kappa shape index (κ1) is 19.5. The molecule has 28 heavy (non-hydrogen) atoms. The molecule has 0 aliphatic carbocycles. The molecule has 1 heterocycles. The summed E-state index contributed by atoms with van der Waals surface area (Å²) in [5, 5.41) is 9.47. The van der Waals surface area contributed by atoms with Crippen LogP contribution in [0.5, 0.6) is 5.75 Å². The maximum atomic E-state index is 11.5. The number of nitrogens with one attached hydrogen (secondary N) is 3. The summed E-state index contributed by atoms with van der Waals surface area (Å²) in [6.07, 6.45) is 0. The van der Waals surface area contributed by atoms with E-state index in [0.717, 1.165) is 35.1 Å². The van der Waals surface area contributed by atoms with Crippen LogP contribution in [0.15, 0.2) is 53.5 Å². The Bertz CT molecular complexity index is 820. The van der Waals surface area contributed by atoms with E-state index in [2.05, 4.69) is 50.1 Å². The summed E-state index contributed by atoms with van der Waals surface area (Å²) in [5.74, 6) is 1.65. The topological polar surface area (TPSA) is 78.0 Å². The number of carbonyl (C=O) groups excluding carboxylic acids is 1. The second-order valence-electron chi connectivity index (χ2n) is 6.53. The number of methoxy groups -OCH3 is 1. The molecular weight excluding hydrogens is 354 g/mol. The molecule has 1 amide bonds. The summed E-state index contributed by atoms with van der Waals surface area (Å²) in [6, 6.07) is 16.2. The molecule has 0 aromatic heterocycles. The van der Waals surface area contributed by atoms with Crippen LogP contribution in [0, 0.1) is 0 Å². The van der Waals surface area contributed by atoms with Crippen LogP contribution in [0.25, 0.3) is 0 Å². The van der Waals surface area contributed by atoms with Crippen molar-refractivity contribution in [2.75, 3.05) is 38.7 Å². The molecule has 0 bridgehead atoms. The molecule has 0 unspecified atom stereocenters. The predicted octanol–water partition coefficient (Wildman–Crippen LogP) is 1.50. The van der Waals surface area contributed by atoms with Crippen molar-refractivity contribution >= 4 is 17.6 Å². The lowest BCUT2D eigenvalue weighted by Crippen LogP contribution is -2.47. The highest BCUT2D eigenvalue weighted by atomic mass is 16.5. The molecule has 7 nitrogen and oxygen atoms in total. The minimum Gasteiger partial charge on any atom is -0.496 e. The summed E-state index contributed by atoms with van der Waals surface area (Å²) >= 11 is 0. The highest BCUT2D eigenvalue weighted by Gasteiger charge is 2.16. The van der Waals surface area contributed by atoms with Crippen molar-refractivity contribution in [1.29, 1.82) is 0 Å². The van der Waals surface area contributed by atoms with Crippen LogP contribution < -0.4 is 25.6 Å². The van der Waals surface area contributed by atoms with E-state index in [4.69, 9.17) is 4.74 Å². The number of aliphatic imine (C=N–C) groups is 1. The van der Waals surface area contributed by atoms with Crippen LogP contribution >= 0.6 is 0 Å². The van der Waals surface area contributed by atoms with E-state index >= 15 is 0 Å². The van der Waals surface area contributed by atoms with Crippen molar-refractivity contribution in [3.8, 4) is 5.75 Å². The Hall–Kier alpha value is -3.22. The zero-order valence-electron chi connectivity index (χ0n) is 16.4. The minimum atomic E-state index is 0.0712. The molecule has 0 saturated carbocycles. The van der Waals surface area contributed by atoms with Gasteiger partial charge in [-0.3, -0.25) is 9.79 Å². The van der Waals surface area contributed by atoms with Crippen molar-refractivity contribution in [2.24, 2.45) is 4.99 Å². The molecule has 148 valence electrons. The monoisotopic (exact) mass is 381 g/mol. The second kappa shape index (κ2) is 9.64. The van der Waals surface area contributed by atoms with Gasteiger partial charge in [-0.1, -0.05) is 30.3 Å². The summed E-state index contributed by atoms with van der Waals surface area (Å²) in [4.78, 5) is 17.9. The van der Waals surface area contributed by atoms with Gasteiger partial charge in [0.25, 0.3) is 0 Å². The highest BCUT2D eigenvalue weighted by molar-refractivity contribution is 5.82. The highest BCUT2D eigenvalue weighted by Crippen LogP contribution is 2.17. The SMILES string of the molecule is CN=C(NCc1ccc(N2CCNC(=O)C2)cc1)NCc1ccccc1OC. The molecule has 0 radical (unpaired) electrons. The number of guanidine groups is 1.